The van der Waals surface area contributed by atoms with Crippen LogP contribution in [-0.4, -0.2) is 35.5 Å². The number of carbonyl (C=O) groups excluding carboxylic acids is 1. The minimum absolute atomic E-state index is 0.125. The van der Waals surface area contributed by atoms with Crippen molar-refractivity contribution in [2.75, 3.05) is 23.9 Å². The fraction of sp³-hybridized carbons (Fsp3) is 0.304. The number of hydrogen-bond donors (Lipinski definition) is 1. The zero-order valence-electron chi connectivity index (χ0n) is 18.9. The first kappa shape index (κ1) is 24.0. The third-order valence-corrected chi connectivity index (χ3v) is 5.64. The van der Waals surface area contributed by atoms with Crippen molar-refractivity contribution in [1.82, 2.24) is 4.98 Å². The maximum Gasteiger partial charge on any atom is 0.286 e. The van der Waals surface area contributed by atoms with E-state index in [4.69, 9.17) is 9.47 Å². The van der Waals surface area contributed by atoms with Crippen LogP contribution in [0.15, 0.2) is 47.3 Å². The van der Waals surface area contributed by atoms with Gasteiger partial charge in [0.25, 0.3) is 11.6 Å². The van der Waals surface area contributed by atoms with Gasteiger partial charge in [-0.1, -0.05) is 0 Å². The first-order valence-electron chi connectivity index (χ1n) is 10.4. The second-order valence-electron chi connectivity index (χ2n) is 7.43. The summed E-state index contributed by atoms with van der Waals surface area (Å²) in [5.41, 5.74) is 3.41. The Balaban J connectivity index is 1.83. The largest absolute Gasteiger partial charge is 0.493 e. The fourth-order valence-electron chi connectivity index (χ4n) is 3.40. The lowest BCUT2D eigenvalue weighted by Crippen LogP contribution is -2.30. The number of anilines is 2. The number of nitrogens with one attached hydrogen (secondary N) is 1. The van der Waals surface area contributed by atoms with Crippen molar-refractivity contribution >= 4 is 34.3 Å². The molecule has 1 aromatic heterocycles. The van der Waals surface area contributed by atoms with Gasteiger partial charge in [-0.2, -0.15) is 0 Å². The van der Waals surface area contributed by atoms with Gasteiger partial charge in [0.1, 0.15) is 12.2 Å². The van der Waals surface area contributed by atoms with E-state index in [2.05, 4.69) is 36.0 Å². The van der Waals surface area contributed by atoms with Crippen LogP contribution < -0.4 is 19.7 Å². The molecule has 0 bridgehead atoms. The van der Waals surface area contributed by atoms with E-state index < -0.39 is 10.8 Å². The Kier molecular flexibility index (Phi) is 7.83. The summed E-state index contributed by atoms with van der Waals surface area (Å²) in [5.74, 6) is -0.242. The molecule has 3 rings (SSSR count). The first-order chi connectivity index (χ1) is 15.8. The monoisotopic (exact) mass is 470 g/mol. The molecule has 0 fully saturated rings. The number of nitro benzene ring substituents is 1. The Labute approximate surface area is 196 Å². The van der Waals surface area contributed by atoms with Crippen molar-refractivity contribution < 1.29 is 19.2 Å². The summed E-state index contributed by atoms with van der Waals surface area (Å²) in [6.07, 6.45) is 0. The molecule has 0 aliphatic carbocycles. The average Bonchev–Trinajstić information content (AvgIpc) is 3.32. The molecule has 9 nitrogen and oxygen atoms in total. The van der Waals surface area contributed by atoms with E-state index >= 15 is 0 Å². The summed E-state index contributed by atoms with van der Waals surface area (Å²) in [6.45, 7) is 7.27. The van der Waals surface area contributed by atoms with Crippen molar-refractivity contribution in [1.29, 1.82) is 0 Å². The number of carbonyl (C=O) groups is 1. The predicted molar refractivity (Wildman–Crippen MR) is 129 cm³/mol. The number of nitrogens with zero attached hydrogens (tertiary/aromatic N) is 3. The van der Waals surface area contributed by atoms with Crippen LogP contribution in [0.3, 0.4) is 0 Å². The van der Waals surface area contributed by atoms with Gasteiger partial charge in [0.2, 0.25) is 0 Å². The summed E-state index contributed by atoms with van der Waals surface area (Å²) >= 11 is 1.42. The third-order valence-electron chi connectivity index (χ3n) is 5.00. The quantitative estimate of drug-likeness (QED) is 0.323. The molecule has 174 valence electrons. The molecule has 33 heavy (non-hydrogen) atoms. The van der Waals surface area contributed by atoms with E-state index in [0.29, 0.717) is 17.4 Å². The molecule has 0 aliphatic heterocycles. The maximum absolute atomic E-state index is 12.9. The molecule has 2 aromatic carbocycles. The van der Waals surface area contributed by atoms with Crippen molar-refractivity contribution in [3.05, 3.63) is 68.7 Å². The Morgan fingerprint density at radius 3 is 2.52 bits per heavy atom. The van der Waals surface area contributed by atoms with Crippen LogP contribution in [-0.2, 0) is 6.61 Å². The zero-order valence-corrected chi connectivity index (χ0v) is 19.7. The van der Waals surface area contributed by atoms with Crippen molar-refractivity contribution in [3.63, 3.8) is 0 Å². The molecule has 0 saturated carbocycles. The SMILES string of the molecule is CCN(c1ccc(NC(=O)c2cc(OC)c(OCc3cscn3)cc2[N+](=O)[O-])cc1)C(C)C. The lowest BCUT2D eigenvalue weighted by atomic mass is 10.1. The Morgan fingerprint density at radius 2 is 1.97 bits per heavy atom. The second-order valence-corrected chi connectivity index (χ2v) is 8.15. The number of hydrogen-bond acceptors (Lipinski definition) is 8. The van der Waals surface area contributed by atoms with Crippen molar-refractivity contribution in [3.8, 4) is 11.5 Å². The molecular formula is C23H26N4O5S. The molecule has 1 heterocycles. The van der Waals surface area contributed by atoms with E-state index in [1.54, 1.807) is 17.6 Å². The smallest absolute Gasteiger partial charge is 0.286 e. The van der Waals surface area contributed by atoms with Gasteiger partial charge in [-0.05, 0) is 45.0 Å². The molecule has 0 aliphatic rings. The summed E-state index contributed by atoms with van der Waals surface area (Å²) in [5, 5.41) is 16.2. The molecule has 0 unspecified atom stereocenters. The van der Waals surface area contributed by atoms with E-state index in [0.717, 1.165) is 12.2 Å². The Hall–Kier alpha value is -3.66. The number of methoxy groups -OCH3 is 1. The first-order valence-corrected chi connectivity index (χ1v) is 11.3. The fourth-order valence-corrected chi connectivity index (χ4v) is 3.94. The maximum atomic E-state index is 12.9. The van der Waals surface area contributed by atoms with E-state index in [9.17, 15) is 14.9 Å². The van der Waals surface area contributed by atoms with Crippen LogP contribution in [0.1, 0.15) is 36.8 Å². The lowest BCUT2D eigenvalue weighted by molar-refractivity contribution is -0.385. The van der Waals surface area contributed by atoms with Gasteiger partial charge in [0.15, 0.2) is 11.5 Å². The molecule has 0 spiro atoms. The van der Waals surface area contributed by atoms with Crippen molar-refractivity contribution in [2.45, 2.75) is 33.4 Å². The highest BCUT2D eigenvalue weighted by Gasteiger charge is 2.25. The number of aromatic nitrogens is 1. The van der Waals surface area contributed by atoms with Gasteiger partial charge in [0, 0.05) is 35.4 Å². The molecule has 10 heteroatoms. The highest BCUT2D eigenvalue weighted by atomic mass is 32.1. The van der Waals surface area contributed by atoms with Crippen molar-refractivity contribution in [2.24, 2.45) is 0 Å². The van der Waals surface area contributed by atoms with E-state index in [1.165, 1.54) is 30.6 Å². The lowest BCUT2D eigenvalue weighted by Gasteiger charge is -2.27. The molecule has 3 aromatic rings. The summed E-state index contributed by atoms with van der Waals surface area (Å²) in [6, 6.07) is 10.2. The van der Waals surface area contributed by atoms with Gasteiger partial charge in [-0.15, -0.1) is 11.3 Å². The molecular weight excluding hydrogens is 444 g/mol. The van der Waals surface area contributed by atoms with Gasteiger partial charge < -0.3 is 19.7 Å². The van der Waals surface area contributed by atoms with Crippen LogP contribution in [0.25, 0.3) is 0 Å². The molecule has 0 saturated heterocycles. The van der Waals surface area contributed by atoms with Crippen LogP contribution in [0, 0.1) is 10.1 Å². The number of benzene rings is 2. The van der Waals surface area contributed by atoms with Crippen LogP contribution in [0.2, 0.25) is 0 Å². The Morgan fingerprint density at radius 1 is 1.24 bits per heavy atom. The van der Waals surface area contributed by atoms with Crippen LogP contribution in [0.5, 0.6) is 11.5 Å². The van der Waals surface area contributed by atoms with E-state index in [1.807, 2.05) is 17.5 Å². The minimum Gasteiger partial charge on any atom is -0.493 e. The molecule has 1 N–H and O–H groups in total. The number of rotatable bonds is 10. The molecule has 0 radical (unpaired) electrons. The minimum atomic E-state index is -0.616. The van der Waals surface area contributed by atoms with Crippen LogP contribution in [0.4, 0.5) is 17.1 Å². The molecule has 0 atom stereocenters. The molecule has 1 amide bonds. The van der Waals surface area contributed by atoms with Gasteiger partial charge in [-0.3, -0.25) is 14.9 Å². The number of nitro groups is 1. The summed E-state index contributed by atoms with van der Waals surface area (Å²) < 4.78 is 11.0. The average molecular weight is 471 g/mol. The normalized spacial score (nSPS) is 10.7. The highest BCUT2D eigenvalue weighted by Crippen LogP contribution is 2.35. The van der Waals surface area contributed by atoms with Crippen LogP contribution >= 0.6 is 11.3 Å². The van der Waals surface area contributed by atoms with E-state index in [-0.39, 0.29) is 29.4 Å². The topological polar surface area (TPSA) is 107 Å². The second kappa shape index (κ2) is 10.8. The number of ether oxygens (including phenoxy) is 2. The standard InChI is InChI=1S/C23H26N4O5S/c1-5-26(15(2)3)18-8-6-16(7-9-18)25-23(28)19-10-21(31-4)22(11-20(19)27(29)30)32-12-17-13-33-14-24-17/h6-11,13-15H,5,12H2,1-4H3,(H,25,28). The Bertz CT molecular complexity index is 1100. The predicted octanol–water partition coefficient (Wildman–Crippen LogP) is 5.13. The summed E-state index contributed by atoms with van der Waals surface area (Å²) in [4.78, 5) is 30.3. The van der Waals surface area contributed by atoms with Gasteiger partial charge >= 0.3 is 0 Å². The zero-order chi connectivity index (χ0) is 24.0. The number of thiazole rings is 1. The van der Waals surface area contributed by atoms with Gasteiger partial charge in [0.05, 0.1) is 29.3 Å². The summed E-state index contributed by atoms with van der Waals surface area (Å²) in [7, 11) is 1.41. The van der Waals surface area contributed by atoms with Gasteiger partial charge in [-0.25, -0.2) is 4.98 Å². The number of amides is 1. The third kappa shape index (κ3) is 5.78. The highest BCUT2D eigenvalue weighted by molar-refractivity contribution is 7.07.